The first-order valence-corrected chi connectivity index (χ1v) is 7.58. The van der Waals surface area contributed by atoms with E-state index in [1.807, 2.05) is 27.8 Å². The molecular formula is C16H26N4O2. The van der Waals surface area contributed by atoms with Crippen LogP contribution in [0.4, 0.5) is 0 Å². The van der Waals surface area contributed by atoms with Crippen molar-refractivity contribution in [1.29, 1.82) is 0 Å². The lowest BCUT2D eigenvalue weighted by molar-refractivity contribution is -0.144. The Morgan fingerprint density at radius 2 is 1.82 bits per heavy atom. The second-order valence-electron chi connectivity index (χ2n) is 7.56. The lowest BCUT2D eigenvalue weighted by atomic mass is 9.88. The number of hydrogen-bond donors (Lipinski definition) is 0. The maximum atomic E-state index is 13.1. The molecule has 0 bridgehead atoms. The summed E-state index contributed by atoms with van der Waals surface area (Å²) in [5.74, 6) is -0.155. The van der Waals surface area contributed by atoms with E-state index in [9.17, 15) is 9.59 Å². The van der Waals surface area contributed by atoms with Gasteiger partial charge in [-0.15, -0.1) is 0 Å². The Kier molecular flexibility index (Phi) is 3.83. The molecule has 0 radical (unpaired) electrons. The van der Waals surface area contributed by atoms with Crippen LogP contribution in [-0.2, 0) is 17.3 Å². The van der Waals surface area contributed by atoms with Gasteiger partial charge in [0.1, 0.15) is 5.54 Å². The fourth-order valence-corrected chi connectivity index (χ4v) is 2.91. The van der Waals surface area contributed by atoms with Gasteiger partial charge in [-0.25, -0.2) is 0 Å². The van der Waals surface area contributed by atoms with Crippen molar-refractivity contribution < 1.29 is 9.59 Å². The fourth-order valence-electron chi connectivity index (χ4n) is 2.91. The summed E-state index contributed by atoms with van der Waals surface area (Å²) < 4.78 is 1.67. The Morgan fingerprint density at radius 3 is 2.36 bits per heavy atom. The van der Waals surface area contributed by atoms with Crippen molar-refractivity contribution in [3.05, 3.63) is 17.5 Å². The summed E-state index contributed by atoms with van der Waals surface area (Å²) in [7, 11) is 3.59. The molecule has 0 saturated carbocycles. The van der Waals surface area contributed by atoms with Gasteiger partial charge in [0, 0.05) is 38.8 Å². The van der Waals surface area contributed by atoms with Gasteiger partial charge in [-0.1, -0.05) is 20.8 Å². The minimum absolute atomic E-state index is 0.0340. The number of likely N-dealkylation sites (N-methyl/N-ethyl adjacent to an activating group) is 1. The Labute approximate surface area is 132 Å². The van der Waals surface area contributed by atoms with Gasteiger partial charge in [0.05, 0.1) is 11.3 Å². The molecule has 1 fully saturated rings. The molecule has 0 N–H and O–H groups in total. The molecule has 0 aromatic carbocycles. The molecule has 6 heteroatoms. The van der Waals surface area contributed by atoms with E-state index in [-0.39, 0.29) is 17.2 Å². The van der Waals surface area contributed by atoms with Crippen LogP contribution in [0.2, 0.25) is 0 Å². The number of hydrogen-bond acceptors (Lipinski definition) is 3. The topological polar surface area (TPSA) is 58.4 Å². The maximum absolute atomic E-state index is 13.1. The van der Waals surface area contributed by atoms with Crippen molar-refractivity contribution in [2.45, 2.75) is 45.6 Å². The summed E-state index contributed by atoms with van der Waals surface area (Å²) in [5, 5.41) is 4.45. The number of aryl methyl sites for hydroxylation is 1. The Morgan fingerprint density at radius 1 is 1.23 bits per heavy atom. The Hall–Kier alpha value is -1.85. The molecule has 0 aliphatic carbocycles. The normalized spacial score (nSPS) is 18.8. The van der Waals surface area contributed by atoms with Gasteiger partial charge in [-0.05, 0) is 13.8 Å². The van der Waals surface area contributed by atoms with Crippen LogP contribution in [0.15, 0.2) is 6.20 Å². The summed E-state index contributed by atoms with van der Waals surface area (Å²) in [6, 6.07) is 0. The third-order valence-corrected chi connectivity index (χ3v) is 4.22. The van der Waals surface area contributed by atoms with Crippen molar-refractivity contribution in [3.8, 4) is 0 Å². The monoisotopic (exact) mass is 306 g/mol. The minimum atomic E-state index is -0.838. The van der Waals surface area contributed by atoms with Crippen LogP contribution in [-0.4, -0.2) is 57.1 Å². The molecule has 2 heterocycles. The highest BCUT2D eigenvalue weighted by Gasteiger charge is 2.44. The molecule has 1 aromatic heterocycles. The zero-order chi connectivity index (χ0) is 16.9. The van der Waals surface area contributed by atoms with Crippen molar-refractivity contribution in [2.24, 2.45) is 7.05 Å². The van der Waals surface area contributed by atoms with Crippen LogP contribution in [0, 0.1) is 0 Å². The lowest BCUT2D eigenvalue weighted by Gasteiger charge is -2.44. The molecular weight excluding hydrogens is 280 g/mol. The number of rotatable bonds is 1. The lowest BCUT2D eigenvalue weighted by Crippen LogP contribution is -2.63. The second kappa shape index (κ2) is 5.11. The number of amides is 2. The molecule has 6 nitrogen and oxygen atoms in total. The first-order valence-electron chi connectivity index (χ1n) is 7.58. The van der Waals surface area contributed by atoms with Crippen molar-refractivity contribution in [3.63, 3.8) is 0 Å². The third-order valence-electron chi connectivity index (χ3n) is 4.22. The number of carbonyl (C=O) groups is 2. The van der Waals surface area contributed by atoms with Crippen LogP contribution >= 0.6 is 0 Å². The fraction of sp³-hybridized carbons (Fsp3) is 0.688. The zero-order valence-electron chi connectivity index (χ0n) is 14.6. The van der Waals surface area contributed by atoms with Gasteiger partial charge in [0.2, 0.25) is 5.91 Å². The van der Waals surface area contributed by atoms with Gasteiger partial charge in [-0.3, -0.25) is 14.3 Å². The van der Waals surface area contributed by atoms with Gasteiger partial charge in [-0.2, -0.15) is 5.10 Å². The summed E-state index contributed by atoms with van der Waals surface area (Å²) in [6.45, 7) is 10.8. The van der Waals surface area contributed by atoms with E-state index in [2.05, 4.69) is 5.10 Å². The number of aromatic nitrogens is 2. The first kappa shape index (κ1) is 16.5. The molecule has 122 valence electrons. The SMILES string of the molecule is CN1CCN(C(=O)c2cn(C)nc2C(C)(C)C)C(C)(C)C1=O. The molecule has 1 aromatic rings. The van der Waals surface area contributed by atoms with Gasteiger partial charge >= 0.3 is 0 Å². The van der Waals surface area contributed by atoms with Crippen LogP contribution < -0.4 is 0 Å². The van der Waals surface area contributed by atoms with Crippen molar-refractivity contribution in [1.82, 2.24) is 19.6 Å². The molecule has 22 heavy (non-hydrogen) atoms. The predicted molar refractivity (Wildman–Crippen MR) is 84.7 cm³/mol. The number of carbonyl (C=O) groups excluding carboxylic acids is 2. The van der Waals surface area contributed by atoms with E-state index in [4.69, 9.17) is 0 Å². The maximum Gasteiger partial charge on any atom is 0.258 e. The molecule has 1 aliphatic heterocycles. The summed E-state index contributed by atoms with van der Waals surface area (Å²) >= 11 is 0. The Bertz CT molecular complexity index is 610. The van der Waals surface area contributed by atoms with Crippen LogP contribution in [0.25, 0.3) is 0 Å². The van der Waals surface area contributed by atoms with Gasteiger partial charge in [0.15, 0.2) is 0 Å². The standard InChI is InChI=1S/C16H26N4O2/c1-15(2,3)12-11(10-19(7)17-12)13(21)20-9-8-18(6)14(22)16(20,4)5/h10H,8-9H2,1-7H3. The quantitative estimate of drug-likeness (QED) is 0.788. The van der Waals surface area contributed by atoms with Crippen molar-refractivity contribution >= 4 is 11.8 Å². The van der Waals surface area contributed by atoms with E-state index in [1.165, 1.54) is 0 Å². The summed E-state index contributed by atoms with van der Waals surface area (Å²) in [6.07, 6.45) is 1.75. The van der Waals surface area contributed by atoms with Gasteiger partial charge in [0.25, 0.3) is 5.91 Å². The van der Waals surface area contributed by atoms with Crippen LogP contribution in [0.5, 0.6) is 0 Å². The van der Waals surface area contributed by atoms with E-state index in [0.29, 0.717) is 18.7 Å². The summed E-state index contributed by atoms with van der Waals surface area (Å²) in [4.78, 5) is 28.8. The molecule has 0 atom stereocenters. The van der Waals surface area contributed by atoms with Gasteiger partial charge < -0.3 is 9.80 Å². The number of piperazine rings is 1. The van der Waals surface area contributed by atoms with E-state index in [1.54, 1.807) is 41.6 Å². The highest BCUT2D eigenvalue weighted by Crippen LogP contribution is 2.29. The van der Waals surface area contributed by atoms with Crippen LogP contribution in [0.1, 0.15) is 50.7 Å². The van der Waals surface area contributed by atoms with E-state index >= 15 is 0 Å². The number of nitrogens with zero attached hydrogens (tertiary/aromatic N) is 4. The largest absolute Gasteiger partial charge is 0.342 e. The molecule has 0 unspecified atom stereocenters. The zero-order valence-corrected chi connectivity index (χ0v) is 14.6. The average Bonchev–Trinajstić information content (AvgIpc) is 2.78. The smallest absolute Gasteiger partial charge is 0.258 e. The highest BCUT2D eigenvalue weighted by molar-refractivity contribution is 6.00. The molecule has 1 saturated heterocycles. The summed E-state index contributed by atoms with van der Waals surface area (Å²) in [5.41, 5.74) is 0.282. The first-order chi connectivity index (χ1) is 9.96. The molecule has 1 aliphatic rings. The second-order valence-corrected chi connectivity index (χ2v) is 7.56. The molecule has 2 rings (SSSR count). The Balaban J connectivity index is 2.43. The van der Waals surface area contributed by atoms with Crippen LogP contribution in [0.3, 0.4) is 0 Å². The average molecular weight is 306 g/mol. The molecule has 2 amide bonds. The van der Waals surface area contributed by atoms with E-state index in [0.717, 1.165) is 5.69 Å². The van der Waals surface area contributed by atoms with Crippen molar-refractivity contribution in [2.75, 3.05) is 20.1 Å². The highest BCUT2D eigenvalue weighted by atomic mass is 16.2. The minimum Gasteiger partial charge on any atom is -0.342 e. The molecule has 0 spiro atoms. The third kappa shape index (κ3) is 2.62. The predicted octanol–water partition coefficient (Wildman–Crippen LogP) is 1.41. The van der Waals surface area contributed by atoms with E-state index < -0.39 is 5.54 Å².